The molecule has 4 rings (SSSR count). The molecule has 0 spiro atoms. The van der Waals surface area contributed by atoms with Gasteiger partial charge in [-0.05, 0) is 39.3 Å². The molecule has 0 radical (unpaired) electrons. The summed E-state index contributed by atoms with van der Waals surface area (Å²) in [6.07, 6.45) is 1.74. The normalized spacial score (nSPS) is 15.9. The summed E-state index contributed by atoms with van der Waals surface area (Å²) in [7, 11) is 0. The summed E-state index contributed by atoms with van der Waals surface area (Å²) < 4.78 is 13.3. The highest BCUT2D eigenvalue weighted by atomic mass is 32.1. The molecule has 0 amide bonds. The number of thiazole rings is 1. The maximum atomic E-state index is 13.5. The fourth-order valence-corrected chi connectivity index (χ4v) is 5.02. The SMILES string of the molecule is CCOC(=O)C1=C(C)N=c2s/c(=C/c3ccc(N(CC)CC)o3)c(=O)n2C1c1ccccc1. The lowest BCUT2D eigenvalue weighted by atomic mass is 9.96. The maximum Gasteiger partial charge on any atom is 0.338 e. The number of esters is 1. The summed E-state index contributed by atoms with van der Waals surface area (Å²) in [5.41, 5.74) is 1.53. The molecule has 2 aromatic heterocycles. The Morgan fingerprint density at radius 3 is 2.58 bits per heavy atom. The standard InChI is InChI=1S/C25H27N3O4S/c1-5-27(6-2)20-14-13-18(32-20)15-19-23(29)28-22(17-11-9-8-10-12-17)21(24(30)31-7-3)16(4)26-25(28)33-19/h8-15,22H,5-7H2,1-4H3/b19-15+. The lowest BCUT2D eigenvalue weighted by molar-refractivity contribution is -0.139. The Balaban J connectivity index is 1.87. The van der Waals surface area contributed by atoms with E-state index in [0.29, 0.717) is 26.4 Å². The van der Waals surface area contributed by atoms with Gasteiger partial charge >= 0.3 is 5.97 Å². The molecule has 0 N–H and O–H groups in total. The molecule has 8 heteroatoms. The highest BCUT2D eigenvalue weighted by Gasteiger charge is 2.33. The van der Waals surface area contributed by atoms with Crippen molar-refractivity contribution in [3.8, 4) is 0 Å². The van der Waals surface area contributed by atoms with E-state index in [2.05, 4.69) is 23.7 Å². The van der Waals surface area contributed by atoms with Gasteiger partial charge in [-0.1, -0.05) is 41.7 Å². The van der Waals surface area contributed by atoms with Crippen LogP contribution in [-0.4, -0.2) is 30.2 Å². The molecule has 33 heavy (non-hydrogen) atoms. The molecule has 3 aromatic rings. The Morgan fingerprint density at radius 1 is 1.18 bits per heavy atom. The van der Waals surface area contributed by atoms with Gasteiger partial charge in [0.15, 0.2) is 10.7 Å². The summed E-state index contributed by atoms with van der Waals surface area (Å²) in [6, 6.07) is 12.7. The summed E-state index contributed by atoms with van der Waals surface area (Å²) in [6.45, 7) is 9.58. The van der Waals surface area contributed by atoms with Gasteiger partial charge in [0, 0.05) is 25.2 Å². The monoisotopic (exact) mass is 465 g/mol. The van der Waals surface area contributed by atoms with Crippen molar-refractivity contribution >= 4 is 29.3 Å². The van der Waals surface area contributed by atoms with E-state index in [1.165, 1.54) is 11.3 Å². The van der Waals surface area contributed by atoms with E-state index in [-0.39, 0.29) is 12.2 Å². The molecule has 1 unspecified atom stereocenters. The van der Waals surface area contributed by atoms with Crippen LogP contribution in [0.15, 0.2) is 67.9 Å². The third-order valence-corrected chi connectivity index (χ3v) is 6.58. The molecule has 0 bridgehead atoms. The molecule has 0 saturated carbocycles. The first-order valence-corrected chi connectivity index (χ1v) is 11.9. The van der Waals surface area contributed by atoms with Crippen LogP contribution >= 0.6 is 11.3 Å². The third kappa shape index (κ3) is 4.30. The quantitative estimate of drug-likeness (QED) is 0.501. The zero-order valence-corrected chi connectivity index (χ0v) is 20.0. The van der Waals surface area contributed by atoms with Crippen LogP contribution in [0.3, 0.4) is 0 Å². The number of carbonyl (C=O) groups is 1. The average molecular weight is 466 g/mol. The van der Waals surface area contributed by atoms with E-state index in [1.54, 1.807) is 24.5 Å². The number of fused-ring (bicyclic) bond motifs is 1. The Morgan fingerprint density at radius 2 is 1.91 bits per heavy atom. The van der Waals surface area contributed by atoms with Gasteiger partial charge in [-0.3, -0.25) is 9.36 Å². The number of furan rings is 1. The first-order valence-electron chi connectivity index (χ1n) is 11.1. The molecule has 1 atom stereocenters. The Bertz CT molecular complexity index is 1360. The predicted octanol–water partition coefficient (Wildman–Crippen LogP) is 3.24. The van der Waals surface area contributed by atoms with Crippen molar-refractivity contribution in [1.82, 2.24) is 4.57 Å². The van der Waals surface area contributed by atoms with Crippen molar-refractivity contribution in [2.45, 2.75) is 33.7 Å². The van der Waals surface area contributed by atoms with Crippen LogP contribution < -0.4 is 19.8 Å². The summed E-state index contributed by atoms with van der Waals surface area (Å²) in [5, 5.41) is 0. The number of allylic oxidation sites excluding steroid dienone is 1. The van der Waals surface area contributed by atoms with E-state index in [1.807, 2.05) is 42.5 Å². The van der Waals surface area contributed by atoms with Gasteiger partial charge in [-0.15, -0.1) is 0 Å². The molecule has 1 aromatic carbocycles. The number of carbonyl (C=O) groups excluding carboxylic acids is 1. The largest absolute Gasteiger partial charge is 0.463 e. The van der Waals surface area contributed by atoms with Gasteiger partial charge in [0.05, 0.1) is 28.5 Å². The number of hydrogen-bond donors (Lipinski definition) is 0. The van der Waals surface area contributed by atoms with Crippen molar-refractivity contribution < 1.29 is 13.9 Å². The molecule has 0 aliphatic carbocycles. The van der Waals surface area contributed by atoms with Gasteiger partial charge in [-0.2, -0.15) is 0 Å². The van der Waals surface area contributed by atoms with E-state index >= 15 is 0 Å². The van der Waals surface area contributed by atoms with Gasteiger partial charge in [-0.25, -0.2) is 9.79 Å². The minimum absolute atomic E-state index is 0.220. The molecule has 172 valence electrons. The van der Waals surface area contributed by atoms with Crippen LogP contribution in [0.2, 0.25) is 0 Å². The summed E-state index contributed by atoms with van der Waals surface area (Å²) >= 11 is 1.28. The molecule has 1 aliphatic heterocycles. The lowest BCUT2D eigenvalue weighted by Gasteiger charge is -2.24. The molecular weight excluding hydrogens is 438 g/mol. The molecular formula is C25H27N3O4S. The third-order valence-electron chi connectivity index (χ3n) is 5.59. The minimum atomic E-state index is -0.605. The number of hydrogen-bond acceptors (Lipinski definition) is 7. The fraction of sp³-hybridized carbons (Fsp3) is 0.320. The summed E-state index contributed by atoms with van der Waals surface area (Å²) in [5.74, 6) is 0.901. The van der Waals surface area contributed by atoms with E-state index < -0.39 is 12.0 Å². The second-order valence-corrected chi connectivity index (χ2v) is 8.57. The number of anilines is 1. The second kappa shape index (κ2) is 9.62. The lowest BCUT2D eigenvalue weighted by Crippen LogP contribution is -2.39. The van der Waals surface area contributed by atoms with Crippen molar-refractivity contribution in [2.24, 2.45) is 4.99 Å². The molecule has 3 heterocycles. The van der Waals surface area contributed by atoms with Crippen LogP contribution in [0.4, 0.5) is 5.88 Å². The van der Waals surface area contributed by atoms with E-state index in [9.17, 15) is 9.59 Å². The van der Waals surface area contributed by atoms with Gasteiger partial charge < -0.3 is 14.1 Å². The van der Waals surface area contributed by atoms with Crippen LogP contribution in [0.25, 0.3) is 6.08 Å². The second-order valence-electron chi connectivity index (χ2n) is 7.56. The van der Waals surface area contributed by atoms with Crippen LogP contribution in [-0.2, 0) is 9.53 Å². The fourth-order valence-electron chi connectivity index (χ4n) is 4.00. The number of nitrogens with zero attached hydrogens (tertiary/aromatic N) is 3. The molecule has 7 nitrogen and oxygen atoms in total. The van der Waals surface area contributed by atoms with Gasteiger partial charge in [0.2, 0.25) is 0 Å². The molecule has 0 fully saturated rings. The smallest absolute Gasteiger partial charge is 0.338 e. The molecule has 0 saturated heterocycles. The van der Waals surface area contributed by atoms with Crippen molar-refractivity contribution in [3.63, 3.8) is 0 Å². The van der Waals surface area contributed by atoms with Crippen LogP contribution in [0.1, 0.15) is 45.1 Å². The molecule has 1 aliphatic rings. The zero-order valence-electron chi connectivity index (χ0n) is 19.2. The highest BCUT2D eigenvalue weighted by molar-refractivity contribution is 7.07. The first kappa shape index (κ1) is 22.8. The van der Waals surface area contributed by atoms with Crippen molar-refractivity contribution in [2.75, 3.05) is 24.6 Å². The van der Waals surface area contributed by atoms with Gasteiger partial charge in [0.1, 0.15) is 5.76 Å². The van der Waals surface area contributed by atoms with Crippen molar-refractivity contribution in [3.05, 3.63) is 84.7 Å². The Hall–Kier alpha value is -3.39. The predicted molar refractivity (Wildman–Crippen MR) is 129 cm³/mol. The van der Waals surface area contributed by atoms with E-state index in [4.69, 9.17) is 9.15 Å². The Labute approximate surface area is 195 Å². The zero-order chi connectivity index (χ0) is 23.5. The topological polar surface area (TPSA) is 77.0 Å². The van der Waals surface area contributed by atoms with Crippen molar-refractivity contribution in [1.29, 1.82) is 0 Å². The van der Waals surface area contributed by atoms with Crippen LogP contribution in [0.5, 0.6) is 0 Å². The number of benzene rings is 1. The number of ether oxygens (including phenoxy) is 1. The number of aromatic nitrogens is 1. The summed E-state index contributed by atoms with van der Waals surface area (Å²) in [4.78, 5) is 33.6. The minimum Gasteiger partial charge on any atom is -0.463 e. The van der Waals surface area contributed by atoms with Gasteiger partial charge in [0.25, 0.3) is 5.56 Å². The van der Waals surface area contributed by atoms with E-state index in [0.717, 1.165) is 24.5 Å². The van der Waals surface area contributed by atoms with Crippen LogP contribution in [0, 0.1) is 0 Å². The maximum absolute atomic E-state index is 13.5. The Kier molecular flexibility index (Phi) is 6.65. The number of rotatable bonds is 7. The first-order chi connectivity index (χ1) is 16.0. The highest BCUT2D eigenvalue weighted by Crippen LogP contribution is 2.30. The average Bonchev–Trinajstić information content (AvgIpc) is 3.39.